The second-order valence-corrected chi connectivity index (χ2v) is 0.191. The van der Waals surface area contributed by atoms with Gasteiger partial charge in [-0.05, 0) is 0 Å². The van der Waals surface area contributed by atoms with Crippen LogP contribution in [-0.4, -0.2) is 16.8 Å². The van der Waals surface area contributed by atoms with E-state index in [9.17, 15) is 0 Å². The Morgan fingerprint density at radius 2 is 2.00 bits per heavy atom. The first kappa shape index (κ1) is 8.91. The van der Waals surface area contributed by atoms with E-state index >= 15 is 0 Å². The van der Waals surface area contributed by atoms with Crippen LogP contribution in [0.25, 0.3) is 0 Å². The van der Waals surface area contributed by atoms with Gasteiger partial charge >= 0.3 is 0 Å². The Morgan fingerprint density at radius 3 is 2.00 bits per heavy atom. The Hall–Kier alpha value is -0.860. The first-order valence-electron chi connectivity index (χ1n) is 0.628. The minimum atomic E-state index is 0. The summed E-state index contributed by atoms with van der Waals surface area (Å²) in [5.41, 5.74) is 0. The molecule has 0 unspecified atom stereocenters. The van der Waals surface area contributed by atoms with E-state index in [4.69, 9.17) is 10.0 Å². The average Bonchev–Trinajstić information content (AvgIpc) is 1.37. The topological polar surface area (TPSA) is 81.2 Å². The molecule has 0 aliphatic heterocycles. The van der Waals surface area contributed by atoms with Gasteiger partial charge < -0.3 is 10.7 Å². The van der Waals surface area contributed by atoms with Crippen LogP contribution in [0.4, 0.5) is 0 Å². The van der Waals surface area contributed by atoms with E-state index in [0.29, 0.717) is 0 Å². The highest BCUT2D eigenvalue weighted by atomic mass is 16.4. The second-order valence-electron chi connectivity index (χ2n) is 0.191. The predicted molar refractivity (Wildman–Crippen MR) is 13.5 cm³/mol. The molecule has 0 aliphatic carbocycles. The maximum Gasteiger partial charge on any atom is 0.276 e. The quantitative estimate of drug-likeness (QED) is 0.172. The predicted octanol–water partition coefficient (Wildman–Crippen LogP) is -1.11. The third-order valence-electron chi connectivity index (χ3n) is 0.0408. The van der Waals surface area contributed by atoms with Crippen LogP contribution in [0, 0.1) is 0 Å². The van der Waals surface area contributed by atoms with E-state index in [-0.39, 0.29) is 5.48 Å². The molecule has 0 saturated carbocycles. The Morgan fingerprint density at radius 1 is 1.80 bits per heavy atom. The van der Waals surface area contributed by atoms with Gasteiger partial charge in [-0.15, -0.1) is 0 Å². The van der Waals surface area contributed by atoms with Crippen LogP contribution in [0.3, 0.4) is 0 Å². The van der Waals surface area contributed by atoms with Gasteiger partial charge in [-0.1, -0.05) is 0 Å². The standard InChI is InChI=1S/CHNO2.H2O/c3-1-2-4;/h4H;1H2. The van der Waals surface area contributed by atoms with Crippen molar-refractivity contribution in [2.24, 2.45) is 5.16 Å². The summed E-state index contributed by atoms with van der Waals surface area (Å²) < 4.78 is 0. The number of hydrogen-bond donors (Lipinski definition) is 1. The van der Waals surface area contributed by atoms with Gasteiger partial charge in [-0.3, -0.25) is 0 Å². The van der Waals surface area contributed by atoms with Crippen molar-refractivity contribution in [1.82, 2.24) is 0 Å². The Kier molecular flexibility index (Phi) is 19.7. The highest BCUT2D eigenvalue weighted by Crippen LogP contribution is 1.26. The molecule has 4 heteroatoms. The molecule has 0 amide bonds. The summed E-state index contributed by atoms with van der Waals surface area (Å²) in [6.45, 7) is 0. The van der Waals surface area contributed by atoms with E-state index in [1.54, 1.807) is 0 Å². The van der Waals surface area contributed by atoms with Crippen molar-refractivity contribution in [3.8, 4) is 0 Å². The summed E-state index contributed by atoms with van der Waals surface area (Å²) in [6, 6.07) is 0. The molecule has 0 rings (SSSR count). The lowest BCUT2D eigenvalue weighted by molar-refractivity contribution is 0.315. The maximum atomic E-state index is 8.63. The van der Waals surface area contributed by atoms with Crippen molar-refractivity contribution < 1.29 is 15.5 Å². The minimum absolute atomic E-state index is 0. The smallest absolute Gasteiger partial charge is 0.276 e. The van der Waals surface area contributed by atoms with Crippen molar-refractivity contribution in [2.45, 2.75) is 0 Å². The van der Waals surface area contributed by atoms with Crippen LogP contribution >= 0.6 is 0 Å². The maximum absolute atomic E-state index is 8.63. The van der Waals surface area contributed by atoms with Gasteiger partial charge in [0.05, 0.1) is 0 Å². The van der Waals surface area contributed by atoms with Crippen molar-refractivity contribution in [1.29, 1.82) is 0 Å². The molecule has 0 radical (unpaired) electrons. The summed E-state index contributed by atoms with van der Waals surface area (Å²) in [6.07, 6.45) is 0.861. The van der Waals surface area contributed by atoms with Crippen LogP contribution in [0.2, 0.25) is 0 Å². The van der Waals surface area contributed by atoms with Crippen LogP contribution in [0.1, 0.15) is 0 Å². The molecule has 30 valence electrons. The van der Waals surface area contributed by atoms with Gasteiger partial charge in [0.25, 0.3) is 6.08 Å². The van der Waals surface area contributed by atoms with Gasteiger partial charge in [-0.25, -0.2) is 4.79 Å². The number of rotatable bonds is 0. The van der Waals surface area contributed by atoms with Crippen molar-refractivity contribution in [3.63, 3.8) is 0 Å². The lowest BCUT2D eigenvalue weighted by Crippen LogP contribution is -1.40. The van der Waals surface area contributed by atoms with Gasteiger partial charge in [0, 0.05) is 5.16 Å². The monoisotopic (exact) mass is 77.0 g/mol. The van der Waals surface area contributed by atoms with Crippen molar-refractivity contribution in [2.75, 3.05) is 0 Å². The second kappa shape index (κ2) is 11.1. The number of nitrogens with zero attached hydrogens (tertiary/aromatic N) is 1. The number of carbonyl (C=O) groups excluding carboxylic acids is 1. The van der Waals surface area contributed by atoms with Crippen molar-refractivity contribution >= 4 is 6.08 Å². The van der Waals surface area contributed by atoms with Gasteiger partial charge in [0.1, 0.15) is 0 Å². The summed E-state index contributed by atoms with van der Waals surface area (Å²) in [4.78, 5) is 8.63. The molecular weight excluding hydrogens is 74.0 g/mol. The van der Waals surface area contributed by atoms with Gasteiger partial charge in [0.2, 0.25) is 0 Å². The van der Waals surface area contributed by atoms with Crippen molar-refractivity contribution in [3.05, 3.63) is 0 Å². The third kappa shape index (κ3) is 208. The normalized spacial score (nSPS) is 3.20. The van der Waals surface area contributed by atoms with Gasteiger partial charge in [0.15, 0.2) is 0 Å². The molecular formula is CH3NO3. The average molecular weight is 77.0 g/mol. The summed E-state index contributed by atoms with van der Waals surface area (Å²) >= 11 is 0. The largest absolute Gasteiger partial charge is 0.412 e. The Bertz CT molecular complexity index is 44.9. The molecule has 0 spiro atoms. The first-order chi connectivity index (χ1) is 1.91. The molecule has 3 N–H and O–H groups in total. The first-order valence-corrected chi connectivity index (χ1v) is 0.628. The van der Waals surface area contributed by atoms with Crippen LogP contribution in [-0.2, 0) is 4.79 Å². The van der Waals surface area contributed by atoms with Crippen LogP contribution in [0.15, 0.2) is 5.16 Å². The molecule has 4 nitrogen and oxygen atoms in total. The fourth-order valence-corrected chi connectivity index (χ4v) is 0. The lowest BCUT2D eigenvalue weighted by atomic mass is 11.7. The van der Waals surface area contributed by atoms with E-state index in [2.05, 4.69) is 0 Å². The fraction of sp³-hybridized carbons (Fsp3) is 0. The molecule has 5 heavy (non-hydrogen) atoms. The molecule has 0 fully saturated rings. The Labute approximate surface area is 28.0 Å². The molecule has 0 aromatic heterocycles. The highest BCUT2D eigenvalue weighted by Gasteiger charge is 1.31. The zero-order valence-electron chi connectivity index (χ0n) is 2.30. The summed E-state index contributed by atoms with van der Waals surface area (Å²) in [7, 11) is 0. The van der Waals surface area contributed by atoms with E-state index in [1.807, 2.05) is 5.16 Å². The zero-order valence-corrected chi connectivity index (χ0v) is 2.30. The molecule has 0 aromatic carbocycles. The highest BCUT2D eigenvalue weighted by molar-refractivity contribution is 5.30. The SMILES string of the molecule is O.O=C=NO. The molecule has 0 saturated heterocycles. The summed E-state index contributed by atoms with van der Waals surface area (Å²) in [5, 5.41) is 9.01. The molecule has 0 bridgehead atoms. The third-order valence-corrected chi connectivity index (χ3v) is 0.0408. The number of hydrogen-bond acceptors (Lipinski definition) is 3. The zero-order chi connectivity index (χ0) is 3.41. The minimum Gasteiger partial charge on any atom is -0.412 e. The summed E-state index contributed by atoms with van der Waals surface area (Å²) in [5.74, 6) is 0. The molecule has 0 aliphatic rings. The Balaban J connectivity index is 0. The van der Waals surface area contributed by atoms with Gasteiger partial charge in [-0.2, -0.15) is 0 Å². The number of isocyanates is 1. The van der Waals surface area contributed by atoms with Crippen LogP contribution < -0.4 is 0 Å². The van der Waals surface area contributed by atoms with Crippen LogP contribution in [0.5, 0.6) is 0 Å². The lowest BCUT2D eigenvalue weighted by Gasteiger charge is -1.40. The molecule has 0 aromatic rings. The van der Waals surface area contributed by atoms with E-state index in [1.165, 1.54) is 0 Å². The van der Waals surface area contributed by atoms with E-state index in [0.717, 1.165) is 6.08 Å². The molecule has 0 atom stereocenters. The fourth-order valence-electron chi connectivity index (χ4n) is 0. The van der Waals surface area contributed by atoms with E-state index < -0.39 is 0 Å². The molecule has 0 heterocycles.